The molecule has 5 heteroatoms. The highest BCUT2D eigenvalue weighted by atomic mass is 16.5. The molecule has 5 nitrogen and oxygen atoms in total. The van der Waals surface area contributed by atoms with Crippen LogP contribution in [0.2, 0.25) is 0 Å². The first-order chi connectivity index (χ1) is 7.69. The minimum Gasteiger partial charge on any atom is -0.466 e. The molecule has 1 heterocycles. The maximum atomic E-state index is 11.4. The van der Waals surface area contributed by atoms with Gasteiger partial charge in [-0.25, -0.2) is 9.59 Å². The van der Waals surface area contributed by atoms with E-state index in [1.54, 1.807) is 18.2 Å². The van der Waals surface area contributed by atoms with Crippen molar-refractivity contribution in [1.82, 2.24) is 4.98 Å². The highest BCUT2D eigenvalue weighted by Gasteiger charge is 2.15. The molecule has 0 N–H and O–H groups in total. The zero-order chi connectivity index (χ0) is 12.0. The van der Waals surface area contributed by atoms with Gasteiger partial charge in [-0.3, -0.25) is 4.98 Å². The molecule has 0 aliphatic heterocycles. The van der Waals surface area contributed by atoms with Crippen molar-refractivity contribution in [2.75, 3.05) is 14.2 Å². The number of pyridine rings is 1. The van der Waals surface area contributed by atoms with Gasteiger partial charge in [0.15, 0.2) is 0 Å². The second-order valence-electron chi connectivity index (χ2n) is 2.79. The van der Waals surface area contributed by atoms with Crippen LogP contribution in [0.5, 0.6) is 0 Å². The molecule has 84 valence electrons. The Hall–Kier alpha value is -2.17. The van der Waals surface area contributed by atoms with Crippen LogP contribution in [0.15, 0.2) is 30.5 Å². The zero-order valence-electron chi connectivity index (χ0n) is 8.97. The Morgan fingerprint density at radius 3 is 2.50 bits per heavy atom. The lowest BCUT2D eigenvalue weighted by molar-refractivity contribution is -0.136. The maximum Gasteiger partial charge on any atom is 0.340 e. The van der Waals surface area contributed by atoms with E-state index in [0.29, 0.717) is 5.69 Å². The average molecular weight is 221 g/mol. The third kappa shape index (κ3) is 2.91. The zero-order valence-corrected chi connectivity index (χ0v) is 8.97. The number of hydrogen-bond donors (Lipinski definition) is 0. The van der Waals surface area contributed by atoms with E-state index in [1.165, 1.54) is 20.4 Å². The van der Waals surface area contributed by atoms with Crippen molar-refractivity contribution in [3.05, 3.63) is 36.2 Å². The summed E-state index contributed by atoms with van der Waals surface area (Å²) in [5, 5.41) is 0. The predicted octanol–water partition coefficient (Wildman–Crippen LogP) is 0.811. The van der Waals surface area contributed by atoms with Crippen LogP contribution in [0.1, 0.15) is 5.69 Å². The third-order valence-electron chi connectivity index (χ3n) is 1.81. The van der Waals surface area contributed by atoms with Gasteiger partial charge in [0.25, 0.3) is 0 Å². The molecule has 0 amide bonds. The average Bonchev–Trinajstić information content (AvgIpc) is 2.35. The van der Waals surface area contributed by atoms with Crippen LogP contribution in [0, 0.1) is 0 Å². The lowest BCUT2D eigenvalue weighted by Gasteiger charge is -2.03. The van der Waals surface area contributed by atoms with E-state index in [2.05, 4.69) is 14.5 Å². The molecule has 0 saturated carbocycles. The number of ether oxygens (including phenoxy) is 2. The molecule has 0 saturated heterocycles. The molecule has 0 spiro atoms. The van der Waals surface area contributed by atoms with Crippen LogP contribution in [0.3, 0.4) is 0 Å². The number of aromatic nitrogens is 1. The van der Waals surface area contributed by atoms with Crippen LogP contribution in [0.4, 0.5) is 0 Å². The van der Waals surface area contributed by atoms with Crippen LogP contribution < -0.4 is 0 Å². The summed E-state index contributed by atoms with van der Waals surface area (Å²) >= 11 is 0. The van der Waals surface area contributed by atoms with E-state index in [1.807, 2.05) is 0 Å². The van der Waals surface area contributed by atoms with Crippen LogP contribution >= 0.6 is 0 Å². The summed E-state index contributed by atoms with van der Waals surface area (Å²) in [6.07, 6.45) is 2.57. The van der Waals surface area contributed by atoms with Crippen LogP contribution in [0.25, 0.3) is 5.57 Å². The Morgan fingerprint density at radius 1 is 1.25 bits per heavy atom. The fourth-order valence-corrected chi connectivity index (χ4v) is 1.05. The van der Waals surface area contributed by atoms with Gasteiger partial charge in [-0.1, -0.05) is 6.07 Å². The first kappa shape index (κ1) is 11.9. The van der Waals surface area contributed by atoms with Gasteiger partial charge in [-0.05, 0) is 12.1 Å². The molecule has 0 aliphatic carbocycles. The molecule has 0 radical (unpaired) electrons. The van der Waals surface area contributed by atoms with Gasteiger partial charge in [0.1, 0.15) is 0 Å². The number of carbonyl (C=O) groups is 2. The summed E-state index contributed by atoms with van der Waals surface area (Å²) in [5.74, 6) is -1.27. The molecule has 0 aliphatic rings. The molecule has 0 unspecified atom stereocenters. The van der Waals surface area contributed by atoms with Crippen LogP contribution in [-0.4, -0.2) is 31.1 Å². The highest BCUT2D eigenvalue weighted by Crippen LogP contribution is 2.12. The van der Waals surface area contributed by atoms with Crippen molar-refractivity contribution >= 4 is 17.5 Å². The molecule has 16 heavy (non-hydrogen) atoms. The summed E-state index contributed by atoms with van der Waals surface area (Å²) in [7, 11) is 2.46. The largest absolute Gasteiger partial charge is 0.466 e. The van der Waals surface area contributed by atoms with Gasteiger partial charge < -0.3 is 9.47 Å². The summed E-state index contributed by atoms with van der Waals surface area (Å²) in [5.41, 5.74) is 0.426. The SMILES string of the molecule is COC(=O)/C=C(\C(=O)OC)c1ccccn1. The lowest BCUT2D eigenvalue weighted by Crippen LogP contribution is -2.08. The van der Waals surface area contributed by atoms with Crippen molar-refractivity contribution in [1.29, 1.82) is 0 Å². The molecule has 0 atom stereocenters. The quantitative estimate of drug-likeness (QED) is 0.558. The van der Waals surface area contributed by atoms with Gasteiger partial charge in [-0.2, -0.15) is 0 Å². The summed E-state index contributed by atoms with van der Waals surface area (Å²) in [4.78, 5) is 26.5. The smallest absolute Gasteiger partial charge is 0.340 e. The standard InChI is InChI=1S/C11H11NO4/c1-15-10(13)7-8(11(14)16-2)9-5-3-4-6-12-9/h3-7H,1-2H3/b8-7-. The number of esters is 2. The van der Waals surface area contributed by atoms with Crippen molar-refractivity contribution in [2.24, 2.45) is 0 Å². The number of methoxy groups -OCH3 is 2. The highest BCUT2D eigenvalue weighted by molar-refractivity contribution is 6.19. The topological polar surface area (TPSA) is 65.5 Å². The van der Waals surface area contributed by atoms with Crippen LogP contribution in [-0.2, 0) is 19.1 Å². The Morgan fingerprint density at radius 2 is 2.00 bits per heavy atom. The van der Waals surface area contributed by atoms with Gasteiger partial charge in [-0.15, -0.1) is 0 Å². The van der Waals surface area contributed by atoms with Crippen molar-refractivity contribution in [3.63, 3.8) is 0 Å². The normalized spacial score (nSPS) is 10.8. The van der Waals surface area contributed by atoms with E-state index >= 15 is 0 Å². The Bertz CT molecular complexity index is 411. The van der Waals surface area contributed by atoms with Crippen molar-refractivity contribution < 1.29 is 19.1 Å². The third-order valence-corrected chi connectivity index (χ3v) is 1.81. The molecule has 1 aromatic rings. The Labute approximate surface area is 92.7 Å². The second kappa shape index (κ2) is 5.65. The fraction of sp³-hybridized carbons (Fsp3) is 0.182. The first-order valence-electron chi connectivity index (χ1n) is 4.48. The predicted molar refractivity (Wildman–Crippen MR) is 56.2 cm³/mol. The molecular weight excluding hydrogens is 210 g/mol. The summed E-state index contributed by atoms with van der Waals surface area (Å²) in [6.45, 7) is 0. The van der Waals surface area contributed by atoms with Gasteiger partial charge in [0.2, 0.25) is 0 Å². The molecule has 1 aromatic heterocycles. The molecule has 1 rings (SSSR count). The van der Waals surface area contributed by atoms with Gasteiger partial charge in [0.05, 0.1) is 25.5 Å². The molecular formula is C11H11NO4. The molecule has 0 fully saturated rings. The molecule has 0 bridgehead atoms. The number of hydrogen-bond acceptors (Lipinski definition) is 5. The minimum atomic E-state index is -0.635. The lowest BCUT2D eigenvalue weighted by atomic mass is 10.1. The van der Waals surface area contributed by atoms with E-state index < -0.39 is 11.9 Å². The summed E-state index contributed by atoms with van der Waals surface area (Å²) in [6, 6.07) is 5.01. The molecule has 0 aromatic carbocycles. The van der Waals surface area contributed by atoms with Crippen molar-refractivity contribution in [3.8, 4) is 0 Å². The fourth-order valence-electron chi connectivity index (χ4n) is 1.05. The first-order valence-corrected chi connectivity index (χ1v) is 4.48. The van der Waals surface area contributed by atoms with E-state index in [-0.39, 0.29) is 5.57 Å². The summed E-state index contributed by atoms with van der Waals surface area (Å²) < 4.78 is 9.00. The number of nitrogens with zero attached hydrogens (tertiary/aromatic N) is 1. The monoisotopic (exact) mass is 221 g/mol. The Kier molecular flexibility index (Phi) is 4.20. The van der Waals surface area contributed by atoms with Crippen molar-refractivity contribution in [2.45, 2.75) is 0 Å². The maximum absolute atomic E-state index is 11.4. The minimum absolute atomic E-state index is 0.0648. The van der Waals surface area contributed by atoms with Gasteiger partial charge >= 0.3 is 11.9 Å². The number of rotatable bonds is 3. The van der Waals surface area contributed by atoms with E-state index in [4.69, 9.17) is 0 Å². The second-order valence-corrected chi connectivity index (χ2v) is 2.79. The number of carbonyl (C=O) groups excluding carboxylic acids is 2. The van der Waals surface area contributed by atoms with E-state index in [9.17, 15) is 9.59 Å². The van der Waals surface area contributed by atoms with Gasteiger partial charge in [0, 0.05) is 12.3 Å². The Balaban J connectivity index is 3.11. The van der Waals surface area contributed by atoms with E-state index in [0.717, 1.165) is 6.08 Å².